The Morgan fingerprint density at radius 1 is 1.08 bits per heavy atom. The fourth-order valence-corrected chi connectivity index (χ4v) is 4.68. The van der Waals surface area contributed by atoms with E-state index in [0.29, 0.717) is 12.8 Å². The molecule has 2 aromatic rings. The molecule has 1 aromatic heterocycles. The number of quaternary nitrogens is 1. The van der Waals surface area contributed by atoms with E-state index < -0.39 is 16.1 Å². The van der Waals surface area contributed by atoms with Gasteiger partial charge in [0.1, 0.15) is 0 Å². The van der Waals surface area contributed by atoms with E-state index >= 15 is 0 Å². The maximum absolute atomic E-state index is 11.2. The van der Waals surface area contributed by atoms with Crippen molar-refractivity contribution in [1.29, 1.82) is 0 Å². The highest BCUT2D eigenvalue weighted by atomic mass is 32.2. The number of nitrogens with one attached hydrogen (secondary N) is 1. The van der Waals surface area contributed by atoms with Crippen LogP contribution in [0.2, 0.25) is 0 Å². The molecule has 8 nitrogen and oxygen atoms in total. The summed E-state index contributed by atoms with van der Waals surface area (Å²) in [5.41, 5.74) is 6.34. The van der Waals surface area contributed by atoms with Crippen LogP contribution < -0.4 is 0 Å². The lowest BCUT2D eigenvalue weighted by Gasteiger charge is -2.23. The maximum atomic E-state index is 11.2. The number of aliphatic imine (C=N–C) groups is 1. The van der Waals surface area contributed by atoms with E-state index in [4.69, 9.17) is 14.7 Å². The van der Waals surface area contributed by atoms with Gasteiger partial charge in [-0.25, -0.2) is 4.99 Å². The second-order valence-corrected chi connectivity index (χ2v) is 11.8. The number of hydrogen-bond acceptors (Lipinski definition) is 4. The monoisotopic (exact) mass is 514 g/mol. The molecule has 1 aliphatic rings. The summed E-state index contributed by atoms with van der Waals surface area (Å²) in [5.74, 6) is -1.21. The van der Waals surface area contributed by atoms with Gasteiger partial charge in [-0.15, -0.1) is 0 Å². The van der Waals surface area contributed by atoms with E-state index in [9.17, 15) is 13.2 Å². The van der Waals surface area contributed by atoms with Crippen molar-refractivity contribution in [3.63, 3.8) is 0 Å². The number of benzene rings is 1. The maximum Gasteiger partial charge on any atom is 0.303 e. The quantitative estimate of drug-likeness (QED) is 0.274. The van der Waals surface area contributed by atoms with Gasteiger partial charge in [0.25, 0.3) is 10.1 Å². The van der Waals surface area contributed by atoms with Gasteiger partial charge < -0.3 is 14.6 Å². The third kappa shape index (κ3) is 8.89. The van der Waals surface area contributed by atoms with Gasteiger partial charge >= 0.3 is 5.97 Å². The van der Waals surface area contributed by atoms with Crippen LogP contribution in [0.15, 0.2) is 58.7 Å². The first kappa shape index (κ1) is 27.6. The Morgan fingerprint density at radius 2 is 1.81 bits per heavy atom. The lowest BCUT2D eigenvalue weighted by atomic mass is 10.0. The first-order chi connectivity index (χ1) is 16.9. The summed E-state index contributed by atoms with van der Waals surface area (Å²) >= 11 is 0. The standard InChI is InChI=1S/C27H35N3O5S/c1-30(2,3)15-7-11-22-18-24(20-9-5-4-6-10-20)29-26(22)19-25-21(12-8-16-36(33,34)35)17-23(28-25)13-14-27(31)32/h4-6,9-10,17-19H,7-8,11-16H2,1-3H3,(H2-,28,29,31,32,33,34,35)/p+1. The number of aliphatic carboxylic acids is 1. The topological polar surface area (TPSA) is 120 Å². The van der Waals surface area contributed by atoms with Crippen LogP contribution in [0.3, 0.4) is 0 Å². The van der Waals surface area contributed by atoms with Crippen LogP contribution in [0, 0.1) is 0 Å². The molecule has 2 heterocycles. The number of aromatic nitrogens is 1. The van der Waals surface area contributed by atoms with Crippen molar-refractivity contribution < 1.29 is 27.4 Å². The Morgan fingerprint density at radius 3 is 2.44 bits per heavy atom. The SMILES string of the molecule is C[N+](C)(C)CCCC1=CC(c2ccccc2)=NC1=Cc1[nH]c(CCC(=O)O)cc1CCCS(=O)(=O)O. The number of H-pyrrole nitrogens is 1. The number of aromatic amines is 1. The second kappa shape index (κ2) is 11.8. The molecular formula is C27H36N3O5S+. The zero-order chi connectivity index (χ0) is 26.3. The number of carboxylic acids is 1. The summed E-state index contributed by atoms with van der Waals surface area (Å²) in [5, 5.41) is 9.08. The summed E-state index contributed by atoms with van der Waals surface area (Å²) < 4.78 is 32.4. The summed E-state index contributed by atoms with van der Waals surface area (Å²) in [6.07, 6.45) is 6.99. The molecule has 0 saturated heterocycles. The van der Waals surface area contributed by atoms with E-state index in [1.165, 1.54) is 0 Å². The van der Waals surface area contributed by atoms with Crippen molar-refractivity contribution in [2.24, 2.45) is 4.99 Å². The van der Waals surface area contributed by atoms with Gasteiger partial charge in [0, 0.05) is 23.4 Å². The molecule has 36 heavy (non-hydrogen) atoms. The van der Waals surface area contributed by atoms with E-state index in [1.807, 2.05) is 42.5 Å². The largest absolute Gasteiger partial charge is 0.481 e. The number of nitrogens with zero attached hydrogens (tertiary/aromatic N) is 2. The fraction of sp³-hybridized carbons (Fsp3) is 0.407. The van der Waals surface area contributed by atoms with Crippen molar-refractivity contribution in [3.8, 4) is 0 Å². The zero-order valence-corrected chi connectivity index (χ0v) is 22.0. The summed E-state index contributed by atoms with van der Waals surface area (Å²) in [6, 6.07) is 11.9. The molecule has 194 valence electrons. The Labute approximate surface area is 213 Å². The number of rotatable bonds is 13. The predicted octanol–water partition coefficient (Wildman–Crippen LogP) is 4.11. The first-order valence-corrected chi connectivity index (χ1v) is 13.8. The number of carbonyl (C=O) groups is 1. The minimum Gasteiger partial charge on any atom is -0.481 e. The van der Waals surface area contributed by atoms with Gasteiger partial charge in [0.2, 0.25) is 0 Å². The van der Waals surface area contributed by atoms with E-state index in [1.54, 1.807) is 0 Å². The smallest absolute Gasteiger partial charge is 0.303 e. The highest BCUT2D eigenvalue weighted by Crippen LogP contribution is 2.29. The molecule has 0 amide bonds. The van der Waals surface area contributed by atoms with Crippen molar-refractivity contribution in [2.75, 3.05) is 33.4 Å². The molecule has 0 saturated carbocycles. The minimum absolute atomic E-state index is 0.00645. The molecule has 0 atom stereocenters. The number of allylic oxidation sites excluding steroid dienone is 2. The zero-order valence-electron chi connectivity index (χ0n) is 21.2. The average molecular weight is 515 g/mol. The third-order valence-corrected chi connectivity index (χ3v) is 6.76. The normalized spacial score (nSPS) is 15.3. The van der Waals surface area contributed by atoms with Gasteiger partial charge in [-0.1, -0.05) is 30.3 Å². The molecule has 0 unspecified atom stereocenters. The Hall–Kier alpha value is -3.01. The predicted molar refractivity (Wildman–Crippen MR) is 143 cm³/mol. The van der Waals surface area contributed by atoms with E-state index in [2.05, 4.69) is 32.2 Å². The lowest BCUT2D eigenvalue weighted by Crippen LogP contribution is -2.35. The van der Waals surface area contributed by atoms with Crippen molar-refractivity contribution in [2.45, 2.75) is 38.5 Å². The van der Waals surface area contributed by atoms with Crippen LogP contribution in [0.25, 0.3) is 6.08 Å². The van der Waals surface area contributed by atoms with E-state index in [-0.39, 0.29) is 18.6 Å². The molecule has 0 radical (unpaired) electrons. The van der Waals surface area contributed by atoms with Crippen LogP contribution in [0.4, 0.5) is 0 Å². The molecule has 3 rings (SSSR count). The number of carboxylic acid groups (broad SMARTS) is 1. The van der Waals surface area contributed by atoms with Crippen LogP contribution in [0.5, 0.6) is 0 Å². The lowest BCUT2D eigenvalue weighted by molar-refractivity contribution is -0.870. The van der Waals surface area contributed by atoms with Crippen molar-refractivity contribution in [1.82, 2.24) is 4.98 Å². The molecule has 1 aliphatic heterocycles. The first-order valence-electron chi connectivity index (χ1n) is 12.1. The molecular weight excluding hydrogens is 478 g/mol. The number of hydrogen-bond donors (Lipinski definition) is 3. The molecule has 0 bridgehead atoms. The molecule has 9 heteroatoms. The minimum atomic E-state index is -4.05. The summed E-state index contributed by atoms with van der Waals surface area (Å²) in [4.78, 5) is 19.3. The van der Waals surface area contributed by atoms with Gasteiger partial charge in [0.05, 0.1) is 51.3 Å². The van der Waals surface area contributed by atoms with Crippen LogP contribution in [0.1, 0.15) is 48.2 Å². The molecule has 0 fully saturated rings. The molecule has 1 aromatic carbocycles. The number of aryl methyl sites for hydroxylation is 2. The van der Waals surface area contributed by atoms with Crippen molar-refractivity contribution >= 4 is 27.9 Å². The summed E-state index contributed by atoms with van der Waals surface area (Å²) in [6.45, 7) is 1.02. The Balaban J connectivity index is 1.93. The third-order valence-electron chi connectivity index (χ3n) is 5.95. The highest BCUT2D eigenvalue weighted by molar-refractivity contribution is 7.85. The Bertz CT molecular complexity index is 1270. The van der Waals surface area contributed by atoms with Gasteiger partial charge in [0.15, 0.2) is 0 Å². The summed E-state index contributed by atoms with van der Waals surface area (Å²) in [7, 11) is 2.46. The fourth-order valence-electron chi connectivity index (χ4n) is 4.17. The van der Waals surface area contributed by atoms with Crippen molar-refractivity contribution in [3.05, 3.63) is 76.3 Å². The molecule has 0 spiro atoms. The van der Waals surface area contributed by atoms with Gasteiger partial charge in [-0.05, 0) is 55.0 Å². The van der Waals surface area contributed by atoms with Gasteiger partial charge in [-0.2, -0.15) is 8.42 Å². The Kier molecular flexibility index (Phi) is 9.05. The van der Waals surface area contributed by atoms with E-state index in [0.717, 1.165) is 63.4 Å². The highest BCUT2D eigenvalue weighted by Gasteiger charge is 2.19. The second-order valence-electron chi connectivity index (χ2n) is 10.2. The molecule has 0 aliphatic carbocycles. The van der Waals surface area contributed by atoms with Crippen LogP contribution in [-0.2, 0) is 27.8 Å². The average Bonchev–Trinajstić information content (AvgIpc) is 3.35. The van der Waals surface area contributed by atoms with Gasteiger partial charge in [-0.3, -0.25) is 9.35 Å². The van der Waals surface area contributed by atoms with Crippen LogP contribution in [-0.4, -0.2) is 72.7 Å². The molecule has 3 N–H and O–H groups in total. The van der Waals surface area contributed by atoms with Crippen LogP contribution >= 0.6 is 0 Å².